The Hall–Kier alpha value is -0.0400. The molecule has 5 heteroatoms. The fourth-order valence-electron chi connectivity index (χ4n) is 2.89. The van der Waals surface area contributed by atoms with Gasteiger partial charge >= 0.3 is 0 Å². The average molecular weight is 380 g/mol. The van der Waals surface area contributed by atoms with Crippen molar-refractivity contribution in [2.45, 2.75) is 44.9 Å². The Kier molecular flexibility index (Phi) is 8.77. The Morgan fingerprint density at radius 2 is 1.47 bits per heavy atom. The van der Waals surface area contributed by atoms with Crippen LogP contribution in [0.3, 0.4) is 0 Å². The lowest BCUT2D eigenvalue weighted by molar-refractivity contribution is 0.335. The molecule has 2 rings (SSSR count). The smallest absolute Gasteiger partial charge is 0.191 e. The zero-order chi connectivity index (χ0) is 12.6. The molecular formula is C14H29IN4. The lowest BCUT2D eigenvalue weighted by Crippen LogP contribution is -2.38. The molecule has 0 spiro atoms. The topological polar surface area (TPSA) is 44.9 Å². The summed E-state index contributed by atoms with van der Waals surface area (Å²) in [6.07, 6.45) is 9.12. The molecule has 2 aliphatic heterocycles. The quantitative estimate of drug-likeness (QED) is 0.352. The molecule has 2 saturated heterocycles. The first-order chi connectivity index (χ1) is 8.86. The number of nitrogens with zero attached hydrogens (tertiary/aromatic N) is 3. The number of halogens is 1. The highest BCUT2D eigenvalue weighted by Crippen LogP contribution is 2.09. The van der Waals surface area contributed by atoms with Gasteiger partial charge in [-0.2, -0.15) is 0 Å². The van der Waals surface area contributed by atoms with Gasteiger partial charge in [0.15, 0.2) is 5.96 Å². The predicted octanol–water partition coefficient (Wildman–Crippen LogP) is 2.28. The lowest BCUT2D eigenvalue weighted by atomic mass is 10.2. The number of rotatable bonds is 4. The zero-order valence-corrected chi connectivity index (χ0v) is 14.3. The Morgan fingerprint density at radius 3 is 2.11 bits per heavy atom. The Balaban J connectivity index is 0.00000180. The predicted molar refractivity (Wildman–Crippen MR) is 92.2 cm³/mol. The maximum absolute atomic E-state index is 6.07. The van der Waals surface area contributed by atoms with Gasteiger partial charge in [-0.1, -0.05) is 12.8 Å². The van der Waals surface area contributed by atoms with Gasteiger partial charge in [-0.15, -0.1) is 24.0 Å². The molecule has 0 aromatic heterocycles. The van der Waals surface area contributed by atoms with E-state index in [1.807, 2.05) is 0 Å². The van der Waals surface area contributed by atoms with Crippen LogP contribution in [0.1, 0.15) is 44.9 Å². The molecular weight excluding hydrogens is 351 g/mol. The summed E-state index contributed by atoms with van der Waals surface area (Å²) in [6.45, 7) is 6.84. The maximum atomic E-state index is 6.07. The van der Waals surface area contributed by atoms with Crippen LogP contribution in [0.15, 0.2) is 4.99 Å². The molecule has 2 N–H and O–H groups in total. The summed E-state index contributed by atoms with van der Waals surface area (Å²) in [5.74, 6) is 0.776. The Morgan fingerprint density at radius 1 is 0.895 bits per heavy atom. The minimum absolute atomic E-state index is 0. The highest BCUT2D eigenvalue weighted by molar-refractivity contribution is 14.0. The number of guanidine groups is 1. The van der Waals surface area contributed by atoms with E-state index in [2.05, 4.69) is 14.8 Å². The van der Waals surface area contributed by atoms with Gasteiger partial charge in [0, 0.05) is 19.6 Å². The maximum Gasteiger partial charge on any atom is 0.191 e. The van der Waals surface area contributed by atoms with Crippen LogP contribution in [0.4, 0.5) is 0 Å². The van der Waals surface area contributed by atoms with Crippen molar-refractivity contribution in [1.82, 2.24) is 9.80 Å². The summed E-state index contributed by atoms with van der Waals surface area (Å²) in [5, 5.41) is 0. The van der Waals surface area contributed by atoms with Crippen molar-refractivity contribution < 1.29 is 0 Å². The van der Waals surface area contributed by atoms with Crippen LogP contribution >= 0.6 is 24.0 Å². The van der Waals surface area contributed by atoms with Gasteiger partial charge in [-0.25, -0.2) is 0 Å². The van der Waals surface area contributed by atoms with Gasteiger partial charge in [0.2, 0.25) is 0 Å². The Bertz CT molecular complexity index is 256. The standard InChI is InChI=1S/C14H28N4.HI/c15-14(18-12-3-1-2-4-13-18)16-8-7-11-17-9-5-6-10-17;/h1-13H2,(H2,15,16);1H. The minimum Gasteiger partial charge on any atom is -0.370 e. The van der Waals surface area contributed by atoms with Crippen LogP contribution in [-0.4, -0.2) is 55.0 Å². The van der Waals surface area contributed by atoms with Gasteiger partial charge < -0.3 is 15.5 Å². The van der Waals surface area contributed by atoms with E-state index in [9.17, 15) is 0 Å². The van der Waals surface area contributed by atoms with Crippen molar-refractivity contribution >= 4 is 29.9 Å². The van der Waals surface area contributed by atoms with Gasteiger partial charge in [0.05, 0.1) is 0 Å². The van der Waals surface area contributed by atoms with Crippen LogP contribution in [0, 0.1) is 0 Å². The molecule has 4 nitrogen and oxygen atoms in total. The minimum atomic E-state index is 0. The summed E-state index contributed by atoms with van der Waals surface area (Å²) in [4.78, 5) is 9.35. The third kappa shape index (κ3) is 6.29. The van der Waals surface area contributed by atoms with Gasteiger partial charge in [0.1, 0.15) is 0 Å². The van der Waals surface area contributed by atoms with Gasteiger partial charge in [0.25, 0.3) is 0 Å². The van der Waals surface area contributed by atoms with E-state index in [0.717, 1.165) is 32.0 Å². The lowest BCUT2D eigenvalue weighted by Gasteiger charge is -2.21. The normalized spacial score (nSPS) is 22.1. The molecule has 0 radical (unpaired) electrons. The van der Waals surface area contributed by atoms with E-state index in [4.69, 9.17) is 5.73 Å². The SMILES string of the molecule is I.NC(=NCCCN1CCCC1)N1CCCCCC1. The first-order valence-corrected chi connectivity index (χ1v) is 7.63. The first-order valence-electron chi connectivity index (χ1n) is 7.63. The number of aliphatic imine (C=N–C) groups is 1. The molecule has 0 bridgehead atoms. The third-order valence-electron chi connectivity index (χ3n) is 4.03. The summed E-state index contributed by atoms with van der Waals surface area (Å²) < 4.78 is 0. The molecule has 0 aliphatic carbocycles. The molecule has 2 heterocycles. The van der Waals surface area contributed by atoms with Crippen LogP contribution in [0.2, 0.25) is 0 Å². The number of hydrogen-bond acceptors (Lipinski definition) is 2. The Labute approximate surface area is 134 Å². The average Bonchev–Trinajstić information content (AvgIpc) is 2.74. The van der Waals surface area contributed by atoms with Crippen molar-refractivity contribution in [3.05, 3.63) is 0 Å². The summed E-state index contributed by atoms with van der Waals surface area (Å²) >= 11 is 0. The molecule has 0 amide bonds. The zero-order valence-electron chi connectivity index (χ0n) is 12.0. The van der Waals surface area contributed by atoms with Crippen molar-refractivity contribution in [2.24, 2.45) is 10.7 Å². The van der Waals surface area contributed by atoms with Gasteiger partial charge in [-0.3, -0.25) is 4.99 Å². The van der Waals surface area contributed by atoms with Crippen LogP contribution < -0.4 is 5.73 Å². The molecule has 0 aromatic rings. The highest BCUT2D eigenvalue weighted by Gasteiger charge is 2.12. The van der Waals surface area contributed by atoms with Crippen LogP contribution in [-0.2, 0) is 0 Å². The molecule has 19 heavy (non-hydrogen) atoms. The summed E-state index contributed by atoms with van der Waals surface area (Å²) in [5.41, 5.74) is 6.07. The van der Waals surface area contributed by atoms with Crippen molar-refractivity contribution in [3.63, 3.8) is 0 Å². The molecule has 112 valence electrons. The fourth-order valence-corrected chi connectivity index (χ4v) is 2.89. The van der Waals surface area contributed by atoms with E-state index in [1.54, 1.807) is 0 Å². The second-order valence-electron chi connectivity index (χ2n) is 5.54. The van der Waals surface area contributed by atoms with Gasteiger partial charge in [-0.05, 0) is 51.7 Å². The van der Waals surface area contributed by atoms with E-state index in [0.29, 0.717) is 0 Å². The monoisotopic (exact) mass is 380 g/mol. The second-order valence-corrected chi connectivity index (χ2v) is 5.54. The number of likely N-dealkylation sites (tertiary alicyclic amines) is 2. The fraction of sp³-hybridized carbons (Fsp3) is 0.929. The van der Waals surface area contributed by atoms with E-state index >= 15 is 0 Å². The summed E-state index contributed by atoms with van der Waals surface area (Å²) in [7, 11) is 0. The van der Waals surface area contributed by atoms with Crippen LogP contribution in [0.25, 0.3) is 0 Å². The molecule has 0 saturated carbocycles. The van der Waals surface area contributed by atoms with Crippen molar-refractivity contribution in [1.29, 1.82) is 0 Å². The summed E-state index contributed by atoms with van der Waals surface area (Å²) in [6, 6.07) is 0. The van der Waals surface area contributed by atoms with E-state index < -0.39 is 0 Å². The van der Waals surface area contributed by atoms with Crippen LogP contribution in [0.5, 0.6) is 0 Å². The first kappa shape index (κ1) is 17.0. The molecule has 0 unspecified atom stereocenters. The van der Waals surface area contributed by atoms with E-state index in [-0.39, 0.29) is 24.0 Å². The number of hydrogen-bond donors (Lipinski definition) is 1. The third-order valence-corrected chi connectivity index (χ3v) is 4.03. The number of nitrogens with two attached hydrogens (primary N) is 1. The molecule has 2 aliphatic rings. The van der Waals surface area contributed by atoms with E-state index in [1.165, 1.54) is 58.2 Å². The molecule has 0 atom stereocenters. The van der Waals surface area contributed by atoms with Crippen molar-refractivity contribution in [2.75, 3.05) is 39.3 Å². The molecule has 2 fully saturated rings. The highest BCUT2D eigenvalue weighted by atomic mass is 127. The largest absolute Gasteiger partial charge is 0.370 e. The van der Waals surface area contributed by atoms with Crippen molar-refractivity contribution in [3.8, 4) is 0 Å². The molecule has 0 aromatic carbocycles. The second kappa shape index (κ2) is 9.80.